The van der Waals surface area contributed by atoms with Gasteiger partial charge < -0.3 is 16.2 Å². The van der Waals surface area contributed by atoms with E-state index in [9.17, 15) is 9.59 Å². The van der Waals surface area contributed by atoms with Crippen molar-refractivity contribution in [2.45, 2.75) is 0 Å². The fourth-order valence-corrected chi connectivity index (χ4v) is 0.383. The van der Waals surface area contributed by atoms with E-state index in [2.05, 4.69) is 11.1 Å². The number of carboxylic acids is 1. The Morgan fingerprint density at radius 2 is 2.10 bits per heavy atom. The van der Waals surface area contributed by atoms with Gasteiger partial charge >= 0.3 is 5.97 Å². The molecule has 56 valence electrons. The Balaban J connectivity index is 4.34. The number of carboxylic acid groups (broad SMARTS) is 1. The van der Waals surface area contributed by atoms with Gasteiger partial charge in [0.25, 0.3) is 0 Å². The molecule has 5 nitrogen and oxygen atoms in total. The SMILES string of the molecule is CN/C(=C\C(N)=O)C(=O)O. The van der Waals surface area contributed by atoms with Gasteiger partial charge in [-0.2, -0.15) is 0 Å². The molecule has 0 heterocycles. The molecule has 0 radical (unpaired) electrons. The van der Waals surface area contributed by atoms with Crippen molar-refractivity contribution >= 4 is 11.9 Å². The van der Waals surface area contributed by atoms with Crippen LogP contribution in [0.15, 0.2) is 11.8 Å². The van der Waals surface area contributed by atoms with Crippen LogP contribution in [0, 0.1) is 0 Å². The second kappa shape index (κ2) is 3.49. The quantitative estimate of drug-likeness (QED) is 0.427. The summed E-state index contributed by atoms with van der Waals surface area (Å²) in [5, 5.41) is 10.6. The minimum absolute atomic E-state index is 0.215. The first-order valence-electron chi connectivity index (χ1n) is 2.50. The molecule has 10 heavy (non-hydrogen) atoms. The van der Waals surface area contributed by atoms with Crippen LogP contribution in [-0.2, 0) is 9.59 Å². The van der Waals surface area contributed by atoms with Gasteiger partial charge in [-0.3, -0.25) is 4.79 Å². The number of nitrogens with two attached hydrogens (primary N) is 1. The van der Waals surface area contributed by atoms with Crippen LogP contribution < -0.4 is 11.1 Å². The Morgan fingerprint density at radius 3 is 2.20 bits per heavy atom. The number of nitrogens with one attached hydrogen (secondary N) is 1. The second-order valence-electron chi connectivity index (χ2n) is 1.52. The molecule has 0 bridgehead atoms. The molecule has 0 aromatic heterocycles. The van der Waals surface area contributed by atoms with E-state index in [0.29, 0.717) is 0 Å². The van der Waals surface area contributed by atoms with Crippen molar-refractivity contribution in [3.8, 4) is 0 Å². The summed E-state index contributed by atoms with van der Waals surface area (Å²) in [6.45, 7) is 0. The van der Waals surface area contributed by atoms with Crippen molar-refractivity contribution in [1.29, 1.82) is 0 Å². The Hall–Kier alpha value is -1.52. The fourth-order valence-electron chi connectivity index (χ4n) is 0.383. The number of amides is 1. The third-order valence-corrected chi connectivity index (χ3v) is 0.786. The monoisotopic (exact) mass is 144 g/mol. The maximum atomic E-state index is 10.1. The van der Waals surface area contributed by atoms with Gasteiger partial charge in [-0.05, 0) is 0 Å². The summed E-state index contributed by atoms with van der Waals surface area (Å²) in [5.74, 6) is -1.99. The lowest BCUT2D eigenvalue weighted by molar-refractivity contribution is -0.133. The van der Waals surface area contributed by atoms with Crippen LogP contribution in [0.3, 0.4) is 0 Å². The zero-order valence-corrected chi connectivity index (χ0v) is 5.42. The Kier molecular flexibility index (Phi) is 2.96. The van der Waals surface area contributed by atoms with E-state index in [0.717, 1.165) is 6.08 Å². The van der Waals surface area contributed by atoms with Crippen LogP contribution >= 0.6 is 0 Å². The largest absolute Gasteiger partial charge is 0.477 e. The Bertz CT molecular complexity index is 185. The highest BCUT2D eigenvalue weighted by molar-refractivity contribution is 5.96. The normalized spacial score (nSPS) is 10.7. The maximum Gasteiger partial charge on any atom is 0.352 e. The summed E-state index contributed by atoms with van der Waals surface area (Å²) in [6.07, 6.45) is 0.808. The average Bonchev–Trinajstić information content (AvgIpc) is 1.81. The lowest BCUT2D eigenvalue weighted by Gasteiger charge is -1.96. The van der Waals surface area contributed by atoms with Crippen molar-refractivity contribution in [3.63, 3.8) is 0 Å². The number of primary amides is 1. The summed E-state index contributed by atoms with van der Waals surface area (Å²) in [6, 6.07) is 0. The summed E-state index contributed by atoms with van der Waals surface area (Å²) in [5.41, 5.74) is 4.47. The third-order valence-electron chi connectivity index (χ3n) is 0.786. The molecule has 5 heteroatoms. The molecule has 0 saturated heterocycles. The predicted octanol–water partition coefficient (Wildman–Crippen LogP) is -1.34. The van der Waals surface area contributed by atoms with Crippen molar-refractivity contribution in [2.75, 3.05) is 7.05 Å². The molecule has 0 aliphatic heterocycles. The number of carbonyl (C=O) groups excluding carboxylic acids is 1. The lowest BCUT2D eigenvalue weighted by atomic mass is 10.4. The lowest BCUT2D eigenvalue weighted by Crippen LogP contribution is -2.19. The molecule has 0 rings (SSSR count). The highest BCUT2D eigenvalue weighted by Gasteiger charge is 2.04. The molecule has 0 aliphatic carbocycles. The first-order valence-corrected chi connectivity index (χ1v) is 2.50. The molecule has 0 saturated carbocycles. The van der Waals surface area contributed by atoms with E-state index in [-0.39, 0.29) is 5.70 Å². The standard InChI is InChI=1S/C5H8N2O3/c1-7-3(5(9)10)2-4(6)8/h2,7H,1H3,(H2,6,8)(H,9,10)/b3-2-. The van der Waals surface area contributed by atoms with E-state index < -0.39 is 11.9 Å². The zero-order chi connectivity index (χ0) is 8.15. The molecular formula is C5H8N2O3. The van der Waals surface area contributed by atoms with Crippen molar-refractivity contribution < 1.29 is 14.7 Å². The third kappa shape index (κ3) is 2.71. The van der Waals surface area contributed by atoms with Crippen molar-refractivity contribution in [2.24, 2.45) is 5.73 Å². The van der Waals surface area contributed by atoms with Gasteiger partial charge in [0.05, 0.1) is 0 Å². The molecule has 4 N–H and O–H groups in total. The van der Waals surface area contributed by atoms with Gasteiger partial charge in [0, 0.05) is 13.1 Å². The average molecular weight is 144 g/mol. The van der Waals surface area contributed by atoms with E-state index in [1.807, 2.05) is 0 Å². The van der Waals surface area contributed by atoms with Crippen molar-refractivity contribution in [1.82, 2.24) is 5.32 Å². The molecule has 0 aliphatic rings. The second-order valence-corrected chi connectivity index (χ2v) is 1.52. The molecule has 0 aromatic rings. The van der Waals surface area contributed by atoms with Crippen LogP contribution in [0.5, 0.6) is 0 Å². The number of hydrogen-bond donors (Lipinski definition) is 3. The Labute approximate surface area is 57.5 Å². The van der Waals surface area contributed by atoms with E-state index >= 15 is 0 Å². The van der Waals surface area contributed by atoms with Crippen LogP contribution in [-0.4, -0.2) is 24.0 Å². The summed E-state index contributed by atoms with van der Waals surface area (Å²) in [7, 11) is 1.39. The topological polar surface area (TPSA) is 92.4 Å². The molecule has 0 atom stereocenters. The number of likely N-dealkylation sites (N-methyl/N-ethyl adjacent to an activating group) is 1. The minimum Gasteiger partial charge on any atom is -0.477 e. The first-order chi connectivity index (χ1) is 4.57. The number of aliphatic carboxylic acids is 1. The van der Waals surface area contributed by atoms with Crippen LogP contribution in [0.2, 0.25) is 0 Å². The smallest absolute Gasteiger partial charge is 0.352 e. The summed E-state index contributed by atoms with van der Waals surface area (Å²) < 4.78 is 0. The number of carbonyl (C=O) groups is 2. The van der Waals surface area contributed by atoms with Gasteiger partial charge in [-0.25, -0.2) is 4.79 Å². The predicted molar refractivity (Wildman–Crippen MR) is 34.0 cm³/mol. The minimum atomic E-state index is -1.21. The number of rotatable bonds is 3. The van der Waals surface area contributed by atoms with Gasteiger partial charge in [0.15, 0.2) is 0 Å². The molecular weight excluding hydrogens is 136 g/mol. The maximum absolute atomic E-state index is 10.1. The molecule has 0 spiro atoms. The number of hydrogen-bond acceptors (Lipinski definition) is 3. The van der Waals surface area contributed by atoms with Gasteiger partial charge in [-0.1, -0.05) is 0 Å². The summed E-state index contributed by atoms with van der Waals surface area (Å²) in [4.78, 5) is 20.2. The van der Waals surface area contributed by atoms with Gasteiger partial charge in [0.1, 0.15) is 5.70 Å². The van der Waals surface area contributed by atoms with E-state index in [1.54, 1.807) is 0 Å². The summed E-state index contributed by atoms with van der Waals surface area (Å²) >= 11 is 0. The molecule has 0 aromatic carbocycles. The molecule has 0 fully saturated rings. The Morgan fingerprint density at radius 1 is 1.60 bits per heavy atom. The van der Waals surface area contributed by atoms with Crippen molar-refractivity contribution in [3.05, 3.63) is 11.8 Å². The molecule has 1 amide bonds. The van der Waals surface area contributed by atoms with Gasteiger partial charge in [0.2, 0.25) is 5.91 Å². The van der Waals surface area contributed by atoms with Crippen LogP contribution in [0.25, 0.3) is 0 Å². The van der Waals surface area contributed by atoms with Gasteiger partial charge in [-0.15, -0.1) is 0 Å². The highest BCUT2D eigenvalue weighted by atomic mass is 16.4. The highest BCUT2D eigenvalue weighted by Crippen LogP contribution is 1.85. The molecule has 0 unspecified atom stereocenters. The van der Waals surface area contributed by atoms with Crippen LogP contribution in [0.4, 0.5) is 0 Å². The first kappa shape index (κ1) is 8.48. The van der Waals surface area contributed by atoms with E-state index in [4.69, 9.17) is 5.11 Å². The zero-order valence-electron chi connectivity index (χ0n) is 5.42. The van der Waals surface area contributed by atoms with Crippen LogP contribution in [0.1, 0.15) is 0 Å². The fraction of sp³-hybridized carbons (Fsp3) is 0.200. The van der Waals surface area contributed by atoms with E-state index in [1.165, 1.54) is 7.05 Å².